The number of benzene rings is 1. The van der Waals surface area contributed by atoms with Crippen molar-refractivity contribution in [3.63, 3.8) is 0 Å². The zero-order chi connectivity index (χ0) is 33.6. The summed E-state index contributed by atoms with van der Waals surface area (Å²) in [7, 11) is 0. The number of carbonyl (C=O) groups is 3. The molecule has 1 fully saturated rings. The summed E-state index contributed by atoms with van der Waals surface area (Å²) in [6.45, 7) is 12.3. The van der Waals surface area contributed by atoms with Crippen LogP contribution >= 0.6 is 0 Å². The Hall–Kier alpha value is -4.75. The summed E-state index contributed by atoms with van der Waals surface area (Å²) in [5.41, 5.74) is -0.711. The molecule has 0 saturated heterocycles. The summed E-state index contributed by atoms with van der Waals surface area (Å²) in [4.78, 5) is 48.4. The maximum atomic E-state index is 16.5. The van der Waals surface area contributed by atoms with Gasteiger partial charge in [-0.25, -0.2) is 33.1 Å². The lowest BCUT2D eigenvalue weighted by Crippen LogP contribution is -2.42. The van der Waals surface area contributed by atoms with Gasteiger partial charge in [-0.2, -0.15) is 0 Å². The Morgan fingerprint density at radius 1 is 0.957 bits per heavy atom. The molecule has 1 aliphatic carbocycles. The molecule has 246 valence electrons. The van der Waals surface area contributed by atoms with Gasteiger partial charge in [0.1, 0.15) is 41.6 Å². The molecule has 1 aromatic carbocycles. The maximum absolute atomic E-state index is 16.5. The summed E-state index contributed by atoms with van der Waals surface area (Å²) in [5.74, 6) is -0.540. The van der Waals surface area contributed by atoms with Crippen LogP contribution < -0.4 is 20.3 Å². The number of anilines is 3. The molecule has 3 aromatic rings. The molecule has 1 aliphatic heterocycles. The smallest absolute Gasteiger partial charge is 0.415 e. The van der Waals surface area contributed by atoms with Crippen molar-refractivity contribution < 1.29 is 42.1 Å². The number of rotatable bonds is 4. The van der Waals surface area contributed by atoms with E-state index in [9.17, 15) is 18.8 Å². The average Bonchev–Trinajstić information content (AvgIpc) is 2.92. The van der Waals surface area contributed by atoms with E-state index in [4.69, 9.17) is 18.9 Å². The van der Waals surface area contributed by atoms with Crippen molar-refractivity contribution in [3.8, 4) is 17.0 Å². The largest absolute Gasteiger partial charge is 0.474 e. The molecular weight excluding hydrogens is 604 g/mol. The number of hydrogen-bond donors (Lipinski definition) is 2. The first-order valence-electron chi connectivity index (χ1n) is 14.9. The van der Waals surface area contributed by atoms with E-state index >= 15 is 4.39 Å². The predicted molar refractivity (Wildman–Crippen MR) is 167 cm³/mol. The van der Waals surface area contributed by atoms with Crippen LogP contribution in [0.3, 0.4) is 0 Å². The Morgan fingerprint density at radius 2 is 1.65 bits per heavy atom. The molecule has 0 spiro atoms. The van der Waals surface area contributed by atoms with Gasteiger partial charge in [-0.15, -0.1) is 0 Å². The first kappa shape index (κ1) is 32.6. The van der Waals surface area contributed by atoms with Crippen LogP contribution in [0.4, 0.5) is 40.4 Å². The SMILES string of the molecule is Cc1c(-c2cc3cc(NC(=O)O[C@H]4C[C@@H](F)C4)ncc3c(NC(=O)OC(C)(C)C)c2F)cnc2c1N(C(=O)OC(C)(C)C)CCO2. The van der Waals surface area contributed by atoms with Crippen molar-refractivity contribution in [1.29, 1.82) is 0 Å². The lowest BCUT2D eigenvalue weighted by atomic mass is 9.94. The Morgan fingerprint density at radius 3 is 2.30 bits per heavy atom. The molecule has 1 saturated carbocycles. The number of pyridine rings is 2. The molecule has 0 unspecified atom stereocenters. The number of nitrogens with zero attached hydrogens (tertiary/aromatic N) is 3. The minimum atomic E-state index is -0.995. The fourth-order valence-corrected chi connectivity index (χ4v) is 5.06. The molecule has 2 aliphatic rings. The molecule has 0 radical (unpaired) electrons. The molecule has 3 heterocycles. The van der Waals surface area contributed by atoms with Gasteiger partial charge in [-0.05, 0) is 71.5 Å². The molecule has 2 N–H and O–H groups in total. The quantitative estimate of drug-likeness (QED) is 0.281. The predicted octanol–water partition coefficient (Wildman–Crippen LogP) is 7.27. The van der Waals surface area contributed by atoms with Crippen LogP contribution in [0.5, 0.6) is 5.88 Å². The standard InChI is InChI=1S/C32H37F2N5O7/c1-16-21(14-36-27-26(16)39(8-9-43-27)30(42)46-32(5,6)7)20-10-17-11-23(37-28(40)44-19-12-18(33)13-19)35-15-22(17)25(24(20)34)38-29(41)45-31(2,3)4/h10-11,14-15,18-19H,8-9,12-13H2,1-7H3,(H,38,41)(H,35,37,40)/t18-,19+. The third-order valence-corrected chi connectivity index (χ3v) is 7.13. The van der Waals surface area contributed by atoms with Crippen molar-refractivity contribution in [2.45, 2.75) is 84.8 Å². The Kier molecular flexibility index (Phi) is 8.67. The second-order valence-corrected chi connectivity index (χ2v) is 13.2. The lowest BCUT2D eigenvalue weighted by Gasteiger charge is -2.32. The first-order valence-corrected chi connectivity index (χ1v) is 14.9. The minimum Gasteiger partial charge on any atom is -0.474 e. The van der Waals surface area contributed by atoms with E-state index in [0.29, 0.717) is 22.2 Å². The number of fused-ring (bicyclic) bond motifs is 2. The van der Waals surface area contributed by atoms with E-state index < -0.39 is 47.6 Å². The molecule has 0 atom stereocenters. The topological polar surface area (TPSA) is 141 Å². The summed E-state index contributed by atoms with van der Waals surface area (Å²) in [6.07, 6.45) is -0.860. The molecule has 0 bridgehead atoms. The van der Waals surface area contributed by atoms with E-state index in [1.165, 1.54) is 29.4 Å². The van der Waals surface area contributed by atoms with Crippen molar-refractivity contribution in [3.05, 3.63) is 35.9 Å². The number of carbonyl (C=O) groups excluding carboxylic acids is 3. The maximum Gasteiger partial charge on any atom is 0.415 e. The lowest BCUT2D eigenvalue weighted by molar-refractivity contribution is 0.00917. The van der Waals surface area contributed by atoms with Crippen molar-refractivity contribution in [2.24, 2.45) is 0 Å². The third kappa shape index (κ3) is 7.21. The van der Waals surface area contributed by atoms with Gasteiger partial charge >= 0.3 is 18.3 Å². The molecular formula is C32H37F2N5O7. The highest BCUT2D eigenvalue weighted by Gasteiger charge is 2.34. The molecule has 46 heavy (non-hydrogen) atoms. The van der Waals surface area contributed by atoms with Crippen LogP contribution in [0.2, 0.25) is 0 Å². The number of aromatic nitrogens is 2. The van der Waals surface area contributed by atoms with Gasteiger partial charge in [0.25, 0.3) is 0 Å². The van der Waals surface area contributed by atoms with E-state index in [2.05, 4.69) is 20.6 Å². The molecule has 5 rings (SSSR count). The second kappa shape index (κ2) is 12.2. The highest BCUT2D eigenvalue weighted by molar-refractivity contribution is 6.05. The number of nitrogens with one attached hydrogen (secondary N) is 2. The van der Waals surface area contributed by atoms with Gasteiger partial charge in [0.15, 0.2) is 5.82 Å². The molecule has 2 aromatic heterocycles. The molecule has 14 heteroatoms. The number of ether oxygens (including phenoxy) is 4. The van der Waals surface area contributed by atoms with E-state index in [0.717, 1.165) is 0 Å². The van der Waals surface area contributed by atoms with Gasteiger partial charge in [-0.1, -0.05) is 0 Å². The summed E-state index contributed by atoms with van der Waals surface area (Å²) < 4.78 is 51.6. The fraction of sp³-hybridized carbons (Fsp3) is 0.469. The second-order valence-electron chi connectivity index (χ2n) is 13.2. The minimum absolute atomic E-state index is 0.0317. The number of amides is 3. The van der Waals surface area contributed by atoms with Gasteiger partial charge in [-0.3, -0.25) is 15.5 Å². The van der Waals surface area contributed by atoms with Gasteiger partial charge in [0, 0.05) is 41.7 Å². The highest BCUT2D eigenvalue weighted by Crippen LogP contribution is 2.42. The number of alkyl halides is 1. The zero-order valence-corrected chi connectivity index (χ0v) is 26.7. The highest BCUT2D eigenvalue weighted by atomic mass is 19.1. The van der Waals surface area contributed by atoms with Crippen LogP contribution in [-0.4, -0.2) is 64.9 Å². The van der Waals surface area contributed by atoms with Crippen LogP contribution in [0.25, 0.3) is 21.9 Å². The summed E-state index contributed by atoms with van der Waals surface area (Å²) >= 11 is 0. The van der Waals surface area contributed by atoms with Crippen LogP contribution in [0.15, 0.2) is 24.5 Å². The van der Waals surface area contributed by atoms with Crippen LogP contribution in [-0.2, 0) is 14.2 Å². The summed E-state index contributed by atoms with van der Waals surface area (Å²) in [5, 5.41) is 5.62. The number of hydrogen-bond acceptors (Lipinski definition) is 9. The van der Waals surface area contributed by atoms with Gasteiger partial charge < -0.3 is 18.9 Å². The third-order valence-electron chi connectivity index (χ3n) is 7.13. The normalized spacial score (nSPS) is 17.7. The van der Waals surface area contributed by atoms with E-state index in [1.807, 2.05) is 0 Å². The van der Waals surface area contributed by atoms with E-state index in [1.54, 1.807) is 48.5 Å². The van der Waals surface area contributed by atoms with Crippen LogP contribution in [0, 0.1) is 12.7 Å². The first-order chi connectivity index (χ1) is 21.5. The van der Waals surface area contributed by atoms with Crippen molar-refractivity contribution >= 4 is 46.2 Å². The zero-order valence-electron chi connectivity index (χ0n) is 26.7. The molecule has 3 amide bonds. The summed E-state index contributed by atoms with van der Waals surface area (Å²) in [6, 6.07) is 3.00. The monoisotopic (exact) mass is 641 g/mol. The fourth-order valence-electron chi connectivity index (χ4n) is 5.06. The molecule has 12 nitrogen and oxygen atoms in total. The number of halogens is 2. The Labute approximate surface area is 264 Å². The van der Waals surface area contributed by atoms with Crippen molar-refractivity contribution in [1.82, 2.24) is 9.97 Å². The van der Waals surface area contributed by atoms with Gasteiger partial charge in [0.05, 0.1) is 12.2 Å². The van der Waals surface area contributed by atoms with Crippen molar-refractivity contribution in [2.75, 3.05) is 28.7 Å². The average molecular weight is 642 g/mol. The Balaban J connectivity index is 1.59. The van der Waals surface area contributed by atoms with Gasteiger partial charge in [0.2, 0.25) is 5.88 Å². The van der Waals surface area contributed by atoms with Crippen LogP contribution in [0.1, 0.15) is 59.9 Å². The van der Waals surface area contributed by atoms with E-state index in [-0.39, 0.29) is 54.3 Å². The Bertz CT molecular complexity index is 1700.